The molecule has 0 saturated heterocycles. The van der Waals surface area contributed by atoms with Crippen LogP contribution in [0, 0.1) is 11.3 Å². The van der Waals surface area contributed by atoms with Crippen molar-refractivity contribution < 1.29 is 0 Å². The zero-order valence-electron chi connectivity index (χ0n) is 31.4. The summed E-state index contributed by atoms with van der Waals surface area (Å²) in [4.78, 5) is 14.9. The molecular weight excluding hydrogens is 741 g/mol. The maximum Gasteiger partial charge on any atom is 0.164 e. The molecule has 12 aromatic rings. The Balaban J connectivity index is 1.14. The Morgan fingerprint density at radius 1 is 0.407 bits per heavy atom. The van der Waals surface area contributed by atoms with Gasteiger partial charge in [0.15, 0.2) is 17.5 Å². The van der Waals surface area contributed by atoms with Crippen molar-refractivity contribution in [1.29, 1.82) is 5.26 Å². The lowest BCUT2D eigenvalue weighted by Gasteiger charge is -2.12. The van der Waals surface area contributed by atoms with Gasteiger partial charge in [-0.05, 0) is 78.9 Å². The predicted molar refractivity (Wildman–Crippen MR) is 242 cm³/mol. The Morgan fingerprint density at radius 3 is 1.44 bits per heavy atom. The highest BCUT2D eigenvalue weighted by Crippen LogP contribution is 2.51. The Morgan fingerprint density at radius 2 is 0.847 bits per heavy atom. The lowest BCUT2D eigenvalue weighted by Crippen LogP contribution is -2.00. The number of aromatic nitrogens is 5. The fourth-order valence-electron chi connectivity index (χ4n) is 8.80. The number of hydrogen-bond acceptors (Lipinski definition) is 5. The molecule has 4 heterocycles. The topological polar surface area (TPSA) is 72.3 Å². The number of nitriles is 1. The summed E-state index contributed by atoms with van der Waals surface area (Å²) < 4.78 is 7.47. The van der Waals surface area contributed by atoms with Gasteiger partial charge in [-0.15, -0.1) is 11.3 Å². The zero-order valence-corrected chi connectivity index (χ0v) is 32.2. The first-order valence-electron chi connectivity index (χ1n) is 19.5. The van der Waals surface area contributed by atoms with E-state index in [1.807, 2.05) is 53.8 Å². The minimum atomic E-state index is 0.550. The molecule has 0 spiro atoms. The summed E-state index contributed by atoms with van der Waals surface area (Å²) in [6.45, 7) is 0. The fraction of sp³-hybridized carbons (Fsp3) is 0. The number of benzene rings is 8. The highest BCUT2D eigenvalue weighted by Gasteiger charge is 2.26. The van der Waals surface area contributed by atoms with Crippen LogP contribution in [0.5, 0.6) is 0 Å². The second kappa shape index (κ2) is 13.1. The molecule has 4 aromatic heterocycles. The molecule has 274 valence electrons. The third kappa shape index (κ3) is 5.07. The molecule has 0 aliphatic heterocycles. The largest absolute Gasteiger partial charge is 0.308 e. The number of nitrogens with zero attached hydrogens (tertiary/aromatic N) is 6. The Hall–Kier alpha value is -7.92. The average molecular weight is 771 g/mol. The van der Waals surface area contributed by atoms with Crippen molar-refractivity contribution in [1.82, 2.24) is 24.1 Å². The SMILES string of the molecule is N#Cc1ccc(-c2nc(-c3ccccc3)nc(-c3ccc(-n4c5ccccc5c5c6c(c7ccccc7n6-c6ccccc6)c6sc7ccccc7c6c54)cc3)n2)cc1. The Kier molecular flexibility index (Phi) is 7.36. The summed E-state index contributed by atoms with van der Waals surface area (Å²) in [5.74, 6) is 1.72. The fourth-order valence-corrected chi connectivity index (χ4v) is 10.1. The van der Waals surface area contributed by atoms with Gasteiger partial charge >= 0.3 is 0 Å². The standard InChI is InChI=1S/C52H30N6S/c53-31-32-23-25-34(26-24-32)51-54-50(33-13-3-1-4-14-33)55-52(56-51)35-27-29-37(30-28-35)58-41-20-10-7-17-38(41)44-47-45(49-46(48(44)58)40-19-9-12-22-43(40)59-49)39-18-8-11-21-42(39)57(47)36-15-5-2-6-16-36/h1-30H. The molecule has 0 amide bonds. The molecule has 12 rings (SSSR count). The monoisotopic (exact) mass is 770 g/mol. The lowest BCUT2D eigenvalue weighted by molar-refractivity contribution is 1.07. The molecule has 59 heavy (non-hydrogen) atoms. The van der Waals surface area contributed by atoms with Crippen LogP contribution in [0.1, 0.15) is 5.56 Å². The minimum absolute atomic E-state index is 0.550. The van der Waals surface area contributed by atoms with Crippen molar-refractivity contribution >= 4 is 75.1 Å². The van der Waals surface area contributed by atoms with Crippen molar-refractivity contribution in [2.75, 3.05) is 0 Å². The molecule has 7 heteroatoms. The summed E-state index contributed by atoms with van der Waals surface area (Å²) in [5.41, 5.74) is 10.1. The molecule has 0 radical (unpaired) electrons. The normalized spacial score (nSPS) is 11.7. The van der Waals surface area contributed by atoms with Crippen molar-refractivity contribution in [3.05, 3.63) is 188 Å². The number of fused-ring (bicyclic) bond motifs is 12. The lowest BCUT2D eigenvalue weighted by atomic mass is 10.0. The van der Waals surface area contributed by atoms with E-state index >= 15 is 0 Å². The van der Waals surface area contributed by atoms with Gasteiger partial charge in [-0.25, -0.2) is 15.0 Å². The molecule has 0 bridgehead atoms. The highest BCUT2D eigenvalue weighted by atomic mass is 32.1. The van der Waals surface area contributed by atoms with Crippen LogP contribution in [-0.4, -0.2) is 24.1 Å². The van der Waals surface area contributed by atoms with E-state index < -0.39 is 0 Å². The predicted octanol–water partition coefficient (Wildman–Crippen LogP) is 13.3. The molecule has 0 aliphatic carbocycles. The van der Waals surface area contributed by atoms with Crippen LogP contribution in [-0.2, 0) is 0 Å². The highest BCUT2D eigenvalue weighted by molar-refractivity contribution is 7.27. The van der Waals surface area contributed by atoms with Crippen LogP contribution in [0.15, 0.2) is 182 Å². The molecule has 0 aliphatic rings. The zero-order chi connectivity index (χ0) is 39.0. The minimum Gasteiger partial charge on any atom is -0.308 e. The van der Waals surface area contributed by atoms with Crippen molar-refractivity contribution in [3.63, 3.8) is 0 Å². The number of para-hydroxylation sites is 3. The van der Waals surface area contributed by atoms with Gasteiger partial charge in [-0.1, -0.05) is 103 Å². The first-order valence-corrected chi connectivity index (χ1v) is 20.3. The molecule has 0 N–H and O–H groups in total. The van der Waals surface area contributed by atoms with Crippen LogP contribution in [0.2, 0.25) is 0 Å². The molecular formula is C52H30N6S. The molecule has 8 aromatic carbocycles. The molecule has 0 saturated carbocycles. The third-order valence-corrected chi connectivity index (χ3v) is 12.6. The Bertz CT molecular complexity index is 3650. The van der Waals surface area contributed by atoms with Crippen LogP contribution in [0.3, 0.4) is 0 Å². The summed E-state index contributed by atoms with van der Waals surface area (Å²) in [7, 11) is 0. The van der Waals surface area contributed by atoms with E-state index in [-0.39, 0.29) is 0 Å². The van der Waals surface area contributed by atoms with Crippen molar-refractivity contribution in [2.45, 2.75) is 0 Å². The van der Waals surface area contributed by atoms with Gasteiger partial charge in [0, 0.05) is 69.8 Å². The second-order valence-corrected chi connectivity index (χ2v) is 15.8. The van der Waals surface area contributed by atoms with Gasteiger partial charge < -0.3 is 9.13 Å². The molecule has 0 fully saturated rings. The van der Waals surface area contributed by atoms with Crippen LogP contribution < -0.4 is 0 Å². The van der Waals surface area contributed by atoms with Gasteiger partial charge in [0.05, 0.1) is 33.7 Å². The quantitative estimate of drug-likeness (QED) is 0.175. The second-order valence-electron chi connectivity index (χ2n) is 14.7. The summed E-state index contributed by atoms with van der Waals surface area (Å²) in [6, 6.07) is 65.4. The van der Waals surface area contributed by atoms with E-state index in [1.165, 1.54) is 58.3 Å². The van der Waals surface area contributed by atoms with E-state index in [2.05, 4.69) is 143 Å². The molecule has 0 unspecified atom stereocenters. The van der Waals surface area contributed by atoms with Gasteiger partial charge in [-0.3, -0.25) is 0 Å². The maximum atomic E-state index is 9.42. The van der Waals surface area contributed by atoms with Gasteiger partial charge in [0.1, 0.15) is 0 Å². The molecule has 0 atom stereocenters. The molecule has 6 nitrogen and oxygen atoms in total. The number of hydrogen-bond donors (Lipinski definition) is 0. The first kappa shape index (κ1) is 33.2. The van der Waals surface area contributed by atoms with E-state index in [9.17, 15) is 5.26 Å². The van der Waals surface area contributed by atoms with Crippen LogP contribution in [0.25, 0.3) is 109 Å². The van der Waals surface area contributed by atoms with Gasteiger partial charge in [0.25, 0.3) is 0 Å². The van der Waals surface area contributed by atoms with Crippen molar-refractivity contribution in [2.24, 2.45) is 0 Å². The third-order valence-electron chi connectivity index (χ3n) is 11.4. The van der Waals surface area contributed by atoms with Crippen molar-refractivity contribution in [3.8, 4) is 51.6 Å². The first-order chi connectivity index (χ1) is 29.2. The van der Waals surface area contributed by atoms with E-state index in [0.29, 0.717) is 23.0 Å². The van der Waals surface area contributed by atoms with Crippen LogP contribution in [0.4, 0.5) is 0 Å². The van der Waals surface area contributed by atoms with E-state index in [4.69, 9.17) is 15.0 Å². The van der Waals surface area contributed by atoms with E-state index in [1.54, 1.807) is 12.1 Å². The van der Waals surface area contributed by atoms with Gasteiger partial charge in [-0.2, -0.15) is 5.26 Å². The summed E-state index contributed by atoms with van der Waals surface area (Å²) in [5, 5.41) is 16.9. The summed E-state index contributed by atoms with van der Waals surface area (Å²) in [6.07, 6.45) is 0. The number of rotatable bonds is 5. The van der Waals surface area contributed by atoms with Crippen LogP contribution >= 0.6 is 11.3 Å². The summed E-state index contributed by atoms with van der Waals surface area (Å²) >= 11 is 1.88. The smallest absolute Gasteiger partial charge is 0.164 e. The maximum absolute atomic E-state index is 9.42. The van der Waals surface area contributed by atoms with E-state index in [0.717, 1.165) is 33.6 Å². The number of thiophene rings is 1. The Labute approximate surface area is 342 Å². The average Bonchev–Trinajstić information content (AvgIpc) is 3.98. The van der Waals surface area contributed by atoms with Gasteiger partial charge in [0.2, 0.25) is 0 Å².